The van der Waals surface area contributed by atoms with Crippen molar-refractivity contribution in [2.45, 2.75) is 26.3 Å². The number of aromatic nitrogens is 1. The molecule has 2 aromatic rings. The minimum absolute atomic E-state index is 0.306. The molecule has 2 N–H and O–H groups in total. The first-order chi connectivity index (χ1) is 12.3. The molecule has 3 rings (SSSR count). The molecule has 5 heteroatoms. The zero-order valence-corrected chi connectivity index (χ0v) is 14.8. The Labute approximate surface area is 149 Å². The highest BCUT2D eigenvalue weighted by atomic mass is 16.5. The number of piperidine rings is 1. The molecule has 1 saturated heterocycles. The van der Waals surface area contributed by atoms with Crippen molar-refractivity contribution in [1.29, 1.82) is 0 Å². The smallest absolute Gasteiger partial charge is 0.126 e. The van der Waals surface area contributed by atoms with E-state index < -0.39 is 0 Å². The Hall–Kier alpha value is -2.27. The summed E-state index contributed by atoms with van der Waals surface area (Å²) in [4.78, 5) is 6.87. The van der Waals surface area contributed by atoms with Crippen molar-refractivity contribution in [2.24, 2.45) is 5.92 Å². The van der Waals surface area contributed by atoms with Crippen molar-refractivity contribution in [3.8, 4) is 5.75 Å². The lowest BCUT2D eigenvalue weighted by Crippen LogP contribution is -2.34. The lowest BCUT2D eigenvalue weighted by Gasteiger charge is -2.32. The van der Waals surface area contributed by atoms with Gasteiger partial charge in [0.2, 0.25) is 0 Å². The second-order valence-electron chi connectivity index (χ2n) is 6.45. The van der Waals surface area contributed by atoms with Gasteiger partial charge in [0.05, 0.1) is 18.5 Å². The van der Waals surface area contributed by atoms with Crippen molar-refractivity contribution in [3.05, 3.63) is 48.2 Å². The number of nitrogens with zero attached hydrogens (tertiary/aromatic N) is 2. The summed E-state index contributed by atoms with van der Waals surface area (Å²) in [6.07, 6.45) is 4.03. The van der Waals surface area contributed by atoms with Gasteiger partial charge in [-0.25, -0.2) is 4.98 Å². The number of pyridine rings is 1. The largest absolute Gasteiger partial charge is 0.494 e. The highest BCUT2D eigenvalue weighted by Crippen LogP contribution is 2.23. The van der Waals surface area contributed by atoms with Gasteiger partial charge in [0.15, 0.2) is 0 Å². The third kappa shape index (κ3) is 4.86. The van der Waals surface area contributed by atoms with E-state index in [-0.39, 0.29) is 0 Å². The van der Waals surface area contributed by atoms with E-state index in [2.05, 4.69) is 33.4 Å². The van der Waals surface area contributed by atoms with E-state index in [1.54, 1.807) is 0 Å². The first-order valence-electron chi connectivity index (χ1n) is 9.06. The Kier molecular flexibility index (Phi) is 6.12. The van der Waals surface area contributed by atoms with E-state index >= 15 is 0 Å². The lowest BCUT2D eigenvalue weighted by atomic mass is 9.98. The maximum Gasteiger partial charge on any atom is 0.126 e. The highest BCUT2D eigenvalue weighted by molar-refractivity contribution is 5.50. The Morgan fingerprint density at radius 1 is 1.16 bits per heavy atom. The number of aliphatic hydroxyl groups is 1. The number of anilines is 2. The topological polar surface area (TPSA) is 57.6 Å². The van der Waals surface area contributed by atoms with Crippen LogP contribution in [0.15, 0.2) is 42.6 Å². The molecular formula is C20H27N3O2. The molecule has 0 amide bonds. The van der Waals surface area contributed by atoms with E-state index in [1.165, 1.54) is 5.56 Å². The predicted octanol–water partition coefficient (Wildman–Crippen LogP) is 3.30. The van der Waals surface area contributed by atoms with Gasteiger partial charge >= 0.3 is 0 Å². The van der Waals surface area contributed by atoms with Crippen LogP contribution in [0.1, 0.15) is 25.3 Å². The summed E-state index contributed by atoms with van der Waals surface area (Å²) in [5.41, 5.74) is 2.35. The van der Waals surface area contributed by atoms with Crippen molar-refractivity contribution in [1.82, 2.24) is 4.98 Å². The van der Waals surface area contributed by atoms with Crippen LogP contribution in [0, 0.1) is 5.92 Å². The summed E-state index contributed by atoms with van der Waals surface area (Å²) in [5.74, 6) is 2.24. The summed E-state index contributed by atoms with van der Waals surface area (Å²) in [6.45, 7) is 5.70. The minimum atomic E-state index is 0.306. The average Bonchev–Trinajstić information content (AvgIpc) is 2.68. The van der Waals surface area contributed by atoms with Crippen LogP contribution < -0.4 is 15.0 Å². The molecule has 2 heterocycles. The standard InChI is InChI=1S/C20H27N3O2/c1-2-25-19-6-3-16(4-7-19)13-21-20-8-5-18(14-22-20)23-11-9-17(15-24)10-12-23/h3-8,14,17,24H,2,9-13,15H2,1H3,(H,21,22). The van der Waals surface area contributed by atoms with E-state index in [1.807, 2.05) is 31.3 Å². The minimum Gasteiger partial charge on any atom is -0.494 e. The number of ether oxygens (including phenoxy) is 1. The number of rotatable bonds is 7. The van der Waals surface area contributed by atoms with Gasteiger partial charge in [-0.15, -0.1) is 0 Å². The molecule has 1 aliphatic rings. The summed E-state index contributed by atoms with van der Waals surface area (Å²) >= 11 is 0. The number of hydrogen-bond donors (Lipinski definition) is 2. The summed E-state index contributed by atoms with van der Waals surface area (Å²) in [7, 11) is 0. The van der Waals surface area contributed by atoms with Gasteiger partial charge in [-0.2, -0.15) is 0 Å². The normalized spacial score (nSPS) is 15.2. The van der Waals surface area contributed by atoms with Crippen LogP contribution in [0.4, 0.5) is 11.5 Å². The molecule has 134 valence electrons. The lowest BCUT2D eigenvalue weighted by molar-refractivity contribution is 0.203. The third-order valence-corrected chi connectivity index (χ3v) is 4.69. The monoisotopic (exact) mass is 341 g/mol. The van der Waals surface area contributed by atoms with Gasteiger partial charge < -0.3 is 20.1 Å². The molecule has 1 aliphatic heterocycles. The summed E-state index contributed by atoms with van der Waals surface area (Å²) in [6, 6.07) is 12.3. The van der Waals surface area contributed by atoms with Crippen molar-refractivity contribution in [3.63, 3.8) is 0 Å². The zero-order valence-electron chi connectivity index (χ0n) is 14.8. The Morgan fingerprint density at radius 3 is 2.52 bits per heavy atom. The molecular weight excluding hydrogens is 314 g/mol. The molecule has 1 aromatic carbocycles. The van der Waals surface area contributed by atoms with Gasteiger partial charge in [-0.3, -0.25) is 0 Å². The Bertz CT molecular complexity index is 635. The summed E-state index contributed by atoms with van der Waals surface area (Å²) < 4.78 is 5.46. The van der Waals surface area contributed by atoms with E-state index in [4.69, 9.17) is 4.74 Å². The SMILES string of the molecule is CCOc1ccc(CNc2ccc(N3CCC(CO)CC3)cn2)cc1. The predicted molar refractivity (Wildman–Crippen MR) is 101 cm³/mol. The molecule has 0 unspecified atom stereocenters. The Balaban J connectivity index is 1.50. The van der Waals surface area contributed by atoms with Gasteiger partial charge in [-0.05, 0) is 55.5 Å². The van der Waals surface area contributed by atoms with E-state index in [0.717, 1.165) is 49.7 Å². The quantitative estimate of drug-likeness (QED) is 0.809. The Morgan fingerprint density at radius 2 is 1.92 bits per heavy atom. The van der Waals surface area contributed by atoms with Crippen LogP contribution in [-0.4, -0.2) is 36.4 Å². The van der Waals surface area contributed by atoms with Gasteiger partial charge in [-0.1, -0.05) is 12.1 Å². The fourth-order valence-corrected chi connectivity index (χ4v) is 3.11. The second kappa shape index (κ2) is 8.72. The average molecular weight is 341 g/mol. The fourth-order valence-electron chi connectivity index (χ4n) is 3.11. The number of benzene rings is 1. The molecule has 0 saturated carbocycles. The molecule has 1 fully saturated rings. The second-order valence-corrected chi connectivity index (χ2v) is 6.45. The van der Waals surface area contributed by atoms with Crippen LogP contribution >= 0.6 is 0 Å². The van der Waals surface area contributed by atoms with Crippen LogP contribution in [0.25, 0.3) is 0 Å². The van der Waals surface area contributed by atoms with E-state index in [9.17, 15) is 5.11 Å². The molecule has 25 heavy (non-hydrogen) atoms. The van der Waals surface area contributed by atoms with Crippen LogP contribution in [-0.2, 0) is 6.54 Å². The molecule has 0 radical (unpaired) electrons. The molecule has 0 spiro atoms. The van der Waals surface area contributed by atoms with Crippen LogP contribution in [0.2, 0.25) is 0 Å². The molecule has 0 atom stereocenters. The first-order valence-corrected chi connectivity index (χ1v) is 9.06. The van der Waals surface area contributed by atoms with Crippen LogP contribution in [0.5, 0.6) is 5.75 Å². The van der Waals surface area contributed by atoms with Crippen LogP contribution in [0.3, 0.4) is 0 Å². The van der Waals surface area contributed by atoms with E-state index in [0.29, 0.717) is 19.1 Å². The first kappa shape index (κ1) is 17.5. The zero-order chi connectivity index (χ0) is 17.5. The third-order valence-electron chi connectivity index (χ3n) is 4.69. The molecule has 1 aromatic heterocycles. The van der Waals surface area contributed by atoms with Crippen molar-refractivity contribution < 1.29 is 9.84 Å². The highest BCUT2D eigenvalue weighted by Gasteiger charge is 2.18. The van der Waals surface area contributed by atoms with Crippen molar-refractivity contribution >= 4 is 11.5 Å². The maximum absolute atomic E-state index is 9.23. The molecule has 0 aliphatic carbocycles. The van der Waals surface area contributed by atoms with Gasteiger partial charge in [0.1, 0.15) is 11.6 Å². The van der Waals surface area contributed by atoms with Gasteiger partial charge in [0.25, 0.3) is 0 Å². The van der Waals surface area contributed by atoms with Gasteiger partial charge in [0, 0.05) is 26.2 Å². The maximum atomic E-state index is 9.23. The van der Waals surface area contributed by atoms with Crippen molar-refractivity contribution in [2.75, 3.05) is 36.5 Å². The fraction of sp³-hybridized carbons (Fsp3) is 0.450. The molecule has 0 bridgehead atoms. The number of nitrogens with one attached hydrogen (secondary N) is 1. The molecule has 5 nitrogen and oxygen atoms in total. The summed E-state index contributed by atoms with van der Waals surface area (Å²) in [5, 5.41) is 12.6. The number of hydrogen-bond acceptors (Lipinski definition) is 5. The number of aliphatic hydroxyl groups excluding tert-OH is 1.